The Hall–Kier alpha value is -0.730. The molecule has 1 aliphatic carbocycles. The second kappa shape index (κ2) is 2.65. The Kier molecular flexibility index (Phi) is 1.85. The fourth-order valence-corrected chi connectivity index (χ4v) is 2.16. The zero-order valence-electron chi connectivity index (χ0n) is 8.34. The number of nitrogens with two attached hydrogens (primary N) is 1. The number of rotatable bonds is 1. The summed E-state index contributed by atoms with van der Waals surface area (Å²) in [6.45, 7) is 4.18. The van der Waals surface area contributed by atoms with Gasteiger partial charge in [0.1, 0.15) is 5.75 Å². The van der Waals surface area contributed by atoms with Gasteiger partial charge in [0.25, 0.3) is 0 Å². The highest BCUT2D eigenvalue weighted by Gasteiger charge is 2.60. The largest absolute Gasteiger partial charge is 0.506 e. The number of hydrogen-bond acceptors (Lipinski definition) is 2. The summed E-state index contributed by atoms with van der Waals surface area (Å²) in [5.74, 6) is 0.127. The van der Waals surface area contributed by atoms with Crippen LogP contribution in [0.1, 0.15) is 25.8 Å². The van der Waals surface area contributed by atoms with Gasteiger partial charge in [-0.2, -0.15) is 0 Å². The zero-order chi connectivity index (χ0) is 10.6. The highest BCUT2D eigenvalue weighted by Crippen LogP contribution is 2.62. The van der Waals surface area contributed by atoms with Crippen LogP contribution in [-0.2, 0) is 5.54 Å². The third kappa shape index (κ3) is 1.14. The Morgan fingerprint density at radius 2 is 2.00 bits per heavy atom. The van der Waals surface area contributed by atoms with E-state index in [2.05, 4.69) is 13.8 Å². The Labute approximate surface area is 88.7 Å². The molecule has 2 rings (SSSR count). The molecule has 2 nitrogen and oxygen atoms in total. The van der Waals surface area contributed by atoms with Crippen molar-refractivity contribution in [1.29, 1.82) is 0 Å². The first-order chi connectivity index (χ1) is 6.38. The first kappa shape index (κ1) is 9.81. The van der Waals surface area contributed by atoms with Gasteiger partial charge in [-0.1, -0.05) is 37.6 Å². The van der Waals surface area contributed by atoms with Crippen molar-refractivity contribution in [3.8, 4) is 5.75 Å². The van der Waals surface area contributed by atoms with Crippen LogP contribution >= 0.6 is 11.6 Å². The summed E-state index contributed by atoms with van der Waals surface area (Å²) in [5, 5.41) is 10.2. The topological polar surface area (TPSA) is 46.2 Å². The summed E-state index contributed by atoms with van der Waals surface area (Å²) in [6.07, 6.45) is 0.883. The van der Waals surface area contributed by atoms with E-state index >= 15 is 0 Å². The highest BCUT2D eigenvalue weighted by atomic mass is 35.5. The molecular formula is C11H14ClNO. The Balaban J connectivity index is 2.49. The number of hydrogen-bond donors (Lipinski definition) is 2. The van der Waals surface area contributed by atoms with E-state index in [1.807, 2.05) is 12.1 Å². The summed E-state index contributed by atoms with van der Waals surface area (Å²) < 4.78 is 0. The maximum absolute atomic E-state index is 9.79. The van der Waals surface area contributed by atoms with Gasteiger partial charge in [-0.25, -0.2) is 0 Å². The van der Waals surface area contributed by atoms with Crippen molar-refractivity contribution in [2.45, 2.75) is 25.8 Å². The van der Waals surface area contributed by atoms with Crippen molar-refractivity contribution in [3.63, 3.8) is 0 Å². The zero-order valence-corrected chi connectivity index (χ0v) is 9.10. The molecule has 0 saturated heterocycles. The van der Waals surface area contributed by atoms with Crippen LogP contribution in [0.3, 0.4) is 0 Å². The first-order valence-corrected chi connectivity index (χ1v) is 5.03. The molecule has 0 bridgehead atoms. The molecule has 14 heavy (non-hydrogen) atoms. The lowest BCUT2D eigenvalue weighted by atomic mass is 9.96. The number of para-hydroxylation sites is 1. The molecule has 3 heteroatoms. The monoisotopic (exact) mass is 211 g/mol. The van der Waals surface area contributed by atoms with Crippen LogP contribution < -0.4 is 5.73 Å². The lowest BCUT2D eigenvalue weighted by Crippen LogP contribution is -2.25. The Morgan fingerprint density at radius 3 is 2.50 bits per heavy atom. The standard InChI is InChI=1S/C11H14ClNO/c1-10(2)6-11(10,13)7-4-3-5-8(12)9(7)14/h3-5,14H,6,13H2,1-2H3. The average molecular weight is 212 g/mol. The minimum atomic E-state index is -0.415. The highest BCUT2D eigenvalue weighted by molar-refractivity contribution is 6.32. The minimum Gasteiger partial charge on any atom is -0.506 e. The lowest BCUT2D eigenvalue weighted by molar-refractivity contribution is 0.439. The van der Waals surface area contributed by atoms with Gasteiger partial charge in [0.05, 0.1) is 10.6 Å². The minimum absolute atomic E-state index is 0.0508. The molecule has 1 atom stereocenters. The number of phenolic OH excluding ortho intramolecular Hbond substituents is 1. The molecule has 1 aromatic carbocycles. The van der Waals surface area contributed by atoms with Crippen molar-refractivity contribution in [2.75, 3.05) is 0 Å². The van der Waals surface area contributed by atoms with Crippen molar-refractivity contribution >= 4 is 11.6 Å². The fourth-order valence-electron chi connectivity index (χ4n) is 1.99. The summed E-state index contributed by atoms with van der Waals surface area (Å²) in [4.78, 5) is 0. The van der Waals surface area contributed by atoms with Crippen LogP contribution in [-0.4, -0.2) is 5.11 Å². The molecule has 0 amide bonds. The van der Waals surface area contributed by atoms with E-state index in [1.54, 1.807) is 6.07 Å². The van der Waals surface area contributed by atoms with Crippen LogP contribution in [0.25, 0.3) is 0 Å². The SMILES string of the molecule is CC1(C)CC1(N)c1cccc(Cl)c1O. The van der Waals surface area contributed by atoms with Crippen molar-refractivity contribution in [3.05, 3.63) is 28.8 Å². The quantitative estimate of drug-likeness (QED) is 0.750. The second-order valence-corrected chi connectivity index (χ2v) is 5.08. The number of phenols is 1. The van der Waals surface area contributed by atoms with Gasteiger partial charge in [0.2, 0.25) is 0 Å². The molecular weight excluding hydrogens is 198 g/mol. The second-order valence-electron chi connectivity index (χ2n) is 4.67. The van der Waals surface area contributed by atoms with Gasteiger partial charge >= 0.3 is 0 Å². The van der Waals surface area contributed by atoms with E-state index in [1.165, 1.54) is 0 Å². The lowest BCUT2D eigenvalue weighted by Gasteiger charge is -2.17. The van der Waals surface area contributed by atoms with Crippen LogP contribution in [0.4, 0.5) is 0 Å². The average Bonchev–Trinajstić information content (AvgIpc) is 2.58. The van der Waals surface area contributed by atoms with E-state index in [9.17, 15) is 5.11 Å². The van der Waals surface area contributed by atoms with Crippen LogP contribution in [0.15, 0.2) is 18.2 Å². The van der Waals surface area contributed by atoms with Crippen LogP contribution in [0.2, 0.25) is 5.02 Å². The summed E-state index contributed by atoms with van der Waals surface area (Å²) in [5.41, 5.74) is 6.59. The molecule has 3 N–H and O–H groups in total. The van der Waals surface area contributed by atoms with Gasteiger partial charge in [-0.05, 0) is 17.9 Å². The van der Waals surface area contributed by atoms with Crippen molar-refractivity contribution < 1.29 is 5.11 Å². The summed E-state index contributed by atoms with van der Waals surface area (Å²) in [7, 11) is 0. The third-order valence-electron chi connectivity index (χ3n) is 3.27. The molecule has 0 aliphatic heterocycles. The fraction of sp³-hybridized carbons (Fsp3) is 0.455. The number of halogens is 1. The Morgan fingerprint density at radius 1 is 1.43 bits per heavy atom. The molecule has 0 radical (unpaired) electrons. The molecule has 0 spiro atoms. The van der Waals surface area contributed by atoms with E-state index < -0.39 is 5.54 Å². The number of aromatic hydroxyl groups is 1. The van der Waals surface area contributed by atoms with Gasteiger partial charge in [-0.3, -0.25) is 0 Å². The summed E-state index contributed by atoms with van der Waals surface area (Å²) in [6, 6.07) is 5.33. The molecule has 1 fully saturated rings. The Bertz CT molecular complexity index is 389. The molecule has 1 unspecified atom stereocenters. The van der Waals surface area contributed by atoms with Crippen LogP contribution in [0, 0.1) is 5.41 Å². The smallest absolute Gasteiger partial charge is 0.139 e. The molecule has 0 heterocycles. The third-order valence-corrected chi connectivity index (χ3v) is 3.58. The maximum atomic E-state index is 9.79. The van der Waals surface area contributed by atoms with E-state index in [-0.39, 0.29) is 11.2 Å². The van der Waals surface area contributed by atoms with Gasteiger partial charge in [-0.15, -0.1) is 0 Å². The molecule has 1 aliphatic rings. The predicted molar refractivity (Wildman–Crippen MR) is 57.4 cm³/mol. The molecule has 1 saturated carbocycles. The van der Waals surface area contributed by atoms with Crippen molar-refractivity contribution in [1.82, 2.24) is 0 Å². The van der Waals surface area contributed by atoms with E-state index in [0.717, 1.165) is 12.0 Å². The maximum Gasteiger partial charge on any atom is 0.139 e. The first-order valence-electron chi connectivity index (χ1n) is 4.65. The number of benzene rings is 1. The molecule has 0 aromatic heterocycles. The van der Waals surface area contributed by atoms with E-state index in [4.69, 9.17) is 17.3 Å². The summed E-state index contributed by atoms with van der Waals surface area (Å²) >= 11 is 5.84. The van der Waals surface area contributed by atoms with Gasteiger partial charge in [0.15, 0.2) is 0 Å². The van der Waals surface area contributed by atoms with Gasteiger partial charge in [0, 0.05) is 5.56 Å². The molecule has 76 valence electrons. The van der Waals surface area contributed by atoms with Crippen molar-refractivity contribution in [2.24, 2.45) is 11.1 Å². The predicted octanol–water partition coefficient (Wildman–Crippen LogP) is 2.63. The molecule has 1 aromatic rings. The van der Waals surface area contributed by atoms with Crippen LogP contribution in [0.5, 0.6) is 5.75 Å². The normalized spacial score (nSPS) is 28.9. The van der Waals surface area contributed by atoms with E-state index in [0.29, 0.717) is 5.02 Å². The van der Waals surface area contributed by atoms with Gasteiger partial charge < -0.3 is 10.8 Å².